The molecule has 0 spiro atoms. The second-order valence-electron chi connectivity index (χ2n) is 11.3. The van der Waals surface area contributed by atoms with Crippen molar-refractivity contribution in [3.05, 3.63) is 59.7 Å². The van der Waals surface area contributed by atoms with Crippen molar-refractivity contribution in [3.63, 3.8) is 0 Å². The standard InChI is InChI=1S/C31H40N4O3S/c1-38-20-28-24-14-15-35(29(24)23-6-2-4-8-26(23)32-28)31(37)25-7-3-5-9-27(25)33-30(36)21-10-12-22(13-11-21)34-16-18-39-19-17-34/h2,4,6,8,10-13,24-25,27-29,32H,3,5,7,9,14-20H2,1H3,(H,33,36)/t24-,25-,27+,28-,29-/m0/s1. The molecule has 5 atom stereocenters. The van der Waals surface area contributed by atoms with Crippen LogP contribution in [-0.4, -0.2) is 73.7 Å². The van der Waals surface area contributed by atoms with Crippen molar-refractivity contribution in [2.75, 3.05) is 55.1 Å². The molecular weight excluding hydrogens is 508 g/mol. The SMILES string of the molecule is COC[C@@H]1Nc2ccccc2[C@H]2[C@H]1CCN2C(=O)[C@H]1CCCC[C@H]1NC(=O)c1ccc(N2CCSCC2)cc1. The van der Waals surface area contributed by atoms with E-state index in [0.29, 0.717) is 18.1 Å². The van der Waals surface area contributed by atoms with E-state index in [1.54, 1.807) is 7.11 Å². The van der Waals surface area contributed by atoms with Gasteiger partial charge in [0.05, 0.1) is 24.6 Å². The number of fused-ring (bicyclic) bond motifs is 3. The normalized spacial score (nSPS) is 28.3. The number of methoxy groups -OCH3 is 1. The fraction of sp³-hybridized carbons (Fsp3) is 0.548. The zero-order chi connectivity index (χ0) is 26.8. The Balaban J connectivity index is 1.17. The van der Waals surface area contributed by atoms with Crippen molar-refractivity contribution >= 4 is 35.0 Å². The maximum absolute atomic E-state index is 14.2. The molecule has 0 bridgehead atoms. The van der Waals surface area contributed by atoms with Crippen LogP contribution in [0.15, 0.2) is 48.5 Å². The maximum Gasteiger partial charge on any atom is 0.251 e. The number of para-hydroxylation sites is 1. The summed E-state index contributed by atoms with van der Waals surface area (Å²) in [5, 5.41) is 6.94. The van der Waals surface area contributed by atoms with E-state index in [0.717, 1.165) is 68.9 Å². The largest absolute Gasteiger partial charge is 0.383 e. The van der Waals surface area contributed by atoms with Crippen LogP contribution in [-0.2, 0) is 9.53 Å². The Morgan fingerprint density at radius 3 is 2.56 bits per heavy atom. The van der Waals surface area contributed by atoms with Gasteiger partial charge in [-0.3, -0.25) is 9.59 Å². The first-order valence-electron chi connectivity index (χ1n) is 14.5. The van der Waals surface area contributed by atoms with Gasteiger partial charge in [0.25, 0.3) is 5.91 Å². The van der Waals surface area contributed by atoms with E-state index in [1.165, 1.54) is 11.3 Å². The number of hydrogen-bond donors (Lipinski definition) is 2. The number of nitrogens with one attached hydrogen (secondary N) is 2. The molecule has 3 fully saturated rings. The molecule has 2 aromatic rings. The lowest BCUT2D eigenvalue weighted by Gasteiger charge is -2.41. The van der Waals surface area contributed by atoms with Gasteiger partial charge in [0.15, 0.2) is 0 Å². The summed E-state index contributed by atoms with van der Waals surface area (Å²) in [6.45, 7) is 3.47. The quantitative estimate of drug-likeness (QED) is 0.552. The number of amides is 2. The molecule has 0 unspecified atom stereocenters. The van der Waals surface area contributed by atoms with Crippen LogP contribution in [0.5, 0.6) is 0 Å². The zero-order valence-electron chi connectivity index (χ0n) is 22.8. The molecule has 0 radical (unpaired) electrons. The van der Waals surface area contributed by atoms with Gasteiger partial charge in [-0.2, -0.15) is 11.8 Å². The third-order valence-electron chi connectivity index (χ3n) is 9.12. The lowest BCUT2D eigenvalue weighted by Crippen LogP contribution is -2.50. The molecule has 39 heavy (non-hydrogen) atoms. The van der Waals surface area contributed by atoms with E-state index < -0.39 is 0 Å². The van der Waals surface area contributed by atoms with Gasteiger partial charge in [-0.15, -0.1) is 0 Å². The summed E-state index contributed by atoms with van der Waals surface area (Å²) in [6, 6.07) is 16.4. The number of nitrogens with zero attached hydrogens (tertiary/aromatic N) is 2. The first-order chi connectivity index (χ1) is 19.1. The fourth-order valence-electron chi connectivity index (χ4n) is 7.13. The molecular formula is C31H40N4O3S. The smallest absolute Gasteiger partial charge is 0.251 e. The van der Waals surface area contributed by atoms with E-state index in [1.807, 2.05) is 30.0 Å². The van der Waals surface area contributed by atoms with Gasteiger partial charge in [0.2, 0.25) is 5.91 Å². The Hall–Kier alpha value is -2.71. The Bertz CT molecular complexity index is 1170. The molecule has 8 heteroatoms. The number of thioether (sulfide) groups is 1. The summed E-state index contributed by atoms with van der Waals surface area (Å²) >= 11 is 1.99. The van der Waals surface area contributed by atoms with Gasteiger partial charge in [0.1, 0.15) is 0 Å². The van der Waals surface area contributed by atoms with E-state index in [2.05, 4.69) is 50.8 Å². The number of likely N-dealkylation sites (tertiary alicyclic amines) is 1. The molecule has 2 amide bonds. The molecule has 208 valence electrons. The first-order valence-corrected chi connectivity index (χ1v) is 15.7. The second-order valence-corrected chi connectivity index (χ2v) is 12.6. The van der Waals surface area contributed by atoms with Crippen LogP contribution < -0.4 is 15.5 Å². The van der Waals surface area contributed by atoms with Crippen molar-refractivity contribution in [3.8, 4) is 0 Å². The predicted octanol–water partition coefficient (Wildman–Crippen LogP) is 4.56. The van der Waals surface area contributed by atoms with Gasteiger partial charge >= 0.3 is 0 Å². The van der Waals surface area contributed by atoms with Crippen molar-refractivity contribution in [1.29, 1.82) is 0 Å². The number of anilines is 2. The minimum Gasteiger partial charge on any atom is -0.383 e. The summed E-state index contributed by atoms with van der Waals surface area (Å²) in [6.07, 6.45) is 4.69. The van der Waals surface area contributed by atoms with E-state index in [-0.39, 0.29) is 35.9 Å². The highest BCUT2D eigenvalue weighted by Crippen LogP contribution is 2.47. The number of carbonyl (C=O) groups excluding carboxylic acids is 2. The van der Waals surface area contributed by atoms with Crippen molar-refractivity contribution in [2.45, 2.75) is 50.2 Å². The van der Waals surface area contributed by atoms with Crippen LogP contribution >= 0.6 is 11.8 Å². The van der Waals surface area contributed by atoms with Gasteiger partial charge in [-0.25, -0.2) is 0 Å². The number of benzene rings is 2. The number of hydrogen-bond acceptors (Lipinski definition) is 6. The topological polar surface area (TPSA) is 73.9 Å². The highest BCUT2D eigenvalue weighted by atomic mass is 32.2. The molecule has 2 saturated heterocycles. The number of ether oxygens (including phenoxy) is 1. The highest BCUT2D eigenvalue weighted by Gasteiger charge is 2.48. The Morgan fingerprint density at radius 2 is 1.77 bits per heavy atom. The third-order valence-corrected chi connectivity index (χ3v) is 10.1. The van der Waals surface area contributed by atoms with Gasteiger partial charge in [-0.1, -0.05) is 31.0 Å². The van der Waals surface area contributed by atoms with Crippen LogP contribution in [0.4, 0.5) is 11.4 Å². The maximum atomic E-state index is 14.2. The van der Waals surface area contributed by atoms with Crippen molar-refractivity contribution in [2.24, 2.45) is 11.8 Å². The molecule has 2 aromatic carbocycles. The molecule has 6 rings (SSSR count). The lowest BCUT2D eigenvalue weighted by molar-refractivity contribution is -0.139. The minimum absolute atomic E-state index is 0.0501. The summed E-state index contributed by atoms with van der Waals surface area (Å²) < 4.78 is 5.54. The van der Waals surface area contributed by atoms with E-state index in [4.69, 9.17) is 4.74 Å². The summed E-state index contributed by atoms with van der Waals surface area (Å²) in [5.74, 6) is 2.54. The Labute approximate surface area is 236 Å². The third kappa shape index (κ3) is 5.38. The summed E-state index contributed by atoms with van der Waals surface area (Å²) in [7, 11) is 1.74. The lowest BCUT2D eigenvalue weighted by atomic mass is 9.81. The Kier molecular flexibility index (Phi) is 8.02. The summed E-state index contributed by atoms with van der Waals surface area (Å²) in [5.41, 5.74) is 4.14. The summed E-state index contributed by atoms with van der Waals surface area (Å²) in [4.78, 5) is 32.0. The molecule has 3 aliphatic heterocycles. The van der Waals surface area contributed by atoms with Gasteiger partial charge in [0, 0.05) is 67.1 Å². The molecule has 7 nitrogen and oxygen atoms in total. The molecule has 3 heterocycles. The van der Waals surface area contributed by atoms with E-state index >= 15 is 0 Å². The molecule has 4 aliphatic rings. The molecule has 2 N–H and O–H groups in total. The molecule has 0 aromatic heterocycles. The average Bonchev–Trinajstić information content (AvgIpc) is 3.44. The van der Waals surface area contributed by atoms with Gasteiger partial charge < -0.3 is 25.2 Å². The Morgan fingerprint density at radius 1 is 1.00 bits per heavy atom. The van der Waals surface area contributed by atoms with Crippen LogP contribution in [0.3, 0.4) is 0 Å². The fourth-order valence-corrected chi connectivity index (χ4v) is 8.03. The van der Waals surface area contributed by atoms with Crippen LogP contribution in [0.1, 0.15) is 54.1 Å². The van der Waals surface area contributed by atoms with E-state index in [9.17, 15) is 9.59 Å². The average molecular weight is 549 g/mol. The first kappa shape index (κ1) is 26.5. The van der Waals surface area contributed by atoms with Crippen molar-refractivity contribution < 1.29 is 14.3 Å². The molecule has 1 aliphatic carbocycles. The second kappa shape index (κ2) is 11.8. The van der Waals surface area contributed by atoms with Crippen LogP contribution in [0, 0.1) is 11.8 Å². The number of carbonyl (C=O) groups is 2. The van der Waals surface area contributed by atoms with Gasteiger partial charge in [-0.05, 0) is 55.2 Å². The monoisotopic (exact) mass is 548 g/mol. The molecule has 1 saturated carbocycles. The van der Waals surface area contributed by atoms with Crippen LogP contribution in [0.25, 0.3) is 0 Å². The van der Waals surface area contributed by atoms with Crippen LogP contribution in [0.2, 0.25) is 0 Å². The van der Waals surface area contributed by atoms with Crippen molar-refractivity contribution in [1.82, 2.24) is 10.2 Å². The number of rotatable bonds is 6. The zero-order valence-corrected chi connectivity index (χ0v) is 23.6. The minimum atomic E-state index is -0.186. The predicted molar refractivity (Wildman–Crippen MR) is 157 cm³/mol. The highest BCUT2D eigenvalue weighted by molar-refractivity contribution is 7.99.